The highest BCUT2D eigenvalue weighted by Crippen LogP contribution is 2.33. The molecule has 2 saturated heterocycles. The first-order chi connectivity index (χ1) is 15.8. The monoisotopic (exact) mass is 424 g/mol. The van der Waals surface area contributed by atoms with Gasteiger partial charge in [-0.05, 0) is 94.0 Å². The standard InChI is InChI=1S/C28H32N4/c1-21-25-14-19-32(23-10-8-22(9-11-23)30-15-4-2-5-16-30)28(25)26-20-24(12-13-27(26)29-21)31-17-6-3-7-18-31/h8-14,19-20H,2-7,15-18H2,1H3. The van der Waals surface area contributed by atoms with Crippen molar-refractivity contribution in [3.05, 3.63) is 60.4 Å². The Morgan fingerprint density at radius 3 is 1.91 bits per heavy atom. The molecule has 6 rings (SSSR count). The lowest BCUT2D eigenvalue weighted by Gasteiger charge is -2.29. The van der Waals surface area contributed by atoms with Crippen molar-refractivity contribution in [2.45, 2.75) is 45.4 Å². The van der Waals surface area contributed by atoms with Crippen molar-refractivity contribution in [2.24, 2.45) is 0 Å². The van der Waals surface area contributed by atoms with Crippen LogP contribution in [0.1, 0.15) is 44.2 Å². The van der Waals surface area contributed by atoms with E-state index in [1.807, 2.05) is 0 Å². The van der Waals surface area contributed by atoms with Crippen molar-refractivity contribution in [3.63, 3.8) is 0 Å². The van der Waals surface area contributed by atoms with Gasteiger partial charge in [-0.1, -0.05) is 0 Å². The number of benzene rings is 2. The highest BCUT2D eigenvalue weighted by Gasteiger charge is 2.16. The fraction of sp³-hybridized carbons (Fsp3) is 0.393. The summed E-state index contributed by atoms with van der Waals surface area (Å²) < 4.78 is 2.35. The SMILES string of the molecule is Cc1nc2ccc(N3CCCCC3)cc2c2c1ccn2-c1ccc(N2CCCCC2)cc1. The Morgan fingerprint density at radius 2 is 1.22 bits per heavy atom. The molecule has 0 amide bonds. The second-order valence-corrected chi connectivity index (χ2v) is 9.46. The van der Waals surface area contributed by atoms with Gasteiger partial charge < -0.3 is 14.4 Å². The molecule has 4 aromatic rings. The average Bonchev–Trinajstić information content (AvgIpc) is 3.31. The molecular weight excluding hydrogens is 392 g/mol. The van der Waals surface area contributed by atoms with Crippen LogP contribution in [0.2, 0.25) is 0 Å². The summed E-state index contributed by atoms with van der Waals surface area (Å²) in [6, 6.07) is 18.2. The molecule has 4 heteroatoms. The summed E-state index contributed by atoms with van der Waals surface area (Å²) >= 11 is 0. The van der Waals surface area contributed by atoms with E-state index in [9.17, 15) is 0 Å². The molecule has 2 aliphatic heterocycles. The highest BCUT2D eigenvalue weighted by atomic mass is 15.1. The molecule has 0 bridgehead atoms. The average molecular weight is 425 g/mol. The van der Waals surface area contributed by atoms with E-state index in [-0.39, 0.29) is 0 Å². The summed E-state index contributed by atoms with van der Waals surface area (Å²) in [7, 11) is 0. The Morgan fingerprint density at radius 1 is 0.625 bits per heavy atom. The molecular formula is C28H32N4. The van der Waals surface area contributed by atoms with Crippen LogP contribution >= 0.6 is 0 Å². The maximum absolute atomic E-state index is 4.93. The second kappa shape index (κ2) is 8.16. The minimum atomic E-state index is 1.08. The van der Waals surface area contributed by atoms with E-state index in [1.165, 1.54) is 85.0 Å². The molecule has 0 atom stereocenters. The third-order valence-electron chi connectivity index (χ3n) is 7.37. The predicted octanol–water partition coefficient (Wildman–Crippen LogP) is 6.47. The normalized spacial score (nSPS) is 17.4. The zero-order valence-electron chi connectivity index (χ0n) is 19.1. The number of aromatic nitrogens is 2. The van der Waals surface area contributed by atoms with Gasteiger partial charge in [-0.3, -0.25) is 4.98 Å². The number of hydrogen-bond acceptors (Lipinski definition) is 3. The third kappa shape index (κ3) is 3.42. The molecule has 0 saturated carbocycles. The molecule has 164 valence electrons. The lowest BCUT2D eigenvalue weighted by atomic mass is 10.1. The lowest BCUT2D eigenvalue weighted by Crippen LogP contribution is -2.29. The number of piperidine rings is 2. The van der Waals surface area contributed by atoms with E-state index < -0.39 is 0 Å². The molecule has 0 aliphatic carbocycles. The van der Waals surface area contributed by atoms with Crippen molar-refractivity contribution in [1.82, 2.24) is 9.55 Å². The first-order valence-electron chi connectivity index (χ1n) is 12.3. The van der Waals surface area contributed by atoms with Crippen LogP contribution in [0.3, 0.4) is 0 Å². The lowest BCUT2D eigenvalue weighted by molar-refractivity contribution is 0.578. The molecule has 0 N–H and O–H groups in total. The van der Waals surface area contributed by atoms with E-state index >= 15 is 0 Å². The van der Waals surface area contributed by atoms with Gasteiger partial charge in [0, 0.05) is 65.9 Å². The molecule has 2 aromatic carbocycles. The summed E-state index contributed by atoms with van der Waals surface area (Å²) in [6.45, 7) is 6.81. The smallest absolute Gasteiger partial charge is 0.0728 e. The Balaban J connectivity index is 1.45. The zero-order valence-corrected chi connectivity index (χ0v) is 19.1. The van der Waals surface area contributed by atoms with Crippen LogP contribution in [0.5, 0.6) is 0 Å². The van der Waals surface area contributed by atoms with Gasteiger partial charge in [-0.25, -0.2) is 0 Å². The number of hydrogen-bond donors (Lipinski definition) is 0. The van der Waals surface area contributed by atoms with Crippen molar-refractivity contribution in [2.75, 3.05) is 36.0 Å². The maximum Gasteiger partial charge on any atom is 0.0728 e. The van der Waals surface area contributed by atoms with Crippen molar-refractivity contribution >= 4 is 33.2 Å². The predicted molar refractivity (Wildman–Crippen MR) is 135 cm³/mol. The molecule has 0 unspecified atom stereocenters. The molecule has 2 aromatic heterocycles. The molecule has 0 spiro atoms. The quantitative estimate of drug-likeness (QED) is 0.377. The largest absolute Gasteiger partial charge is 0.372 e. The Labute approximate surface area is 190 Å². The van der Waals surface area contributed by atoms with Crippen LogP contribution in [-0.2, 0) is 0 Å². The number of nitrogens with zero attached hydrogens (tertiary/aromatic N) is 4. The van der Waals surface area contributed by atoms with Crippen LogP contribution in [0.15, 0.2) is 54.7 Å². The summed E-state index contributed by atoms with van der Waals surface area (Å²) in [5.41, 5.74) is 7.35. The van der Waals surface area contributed by atoms with Crippen molar-refractivity contribution in [3.8, 4) is 5.69 Å². The fourth-order valence-electron chi connectivity index (χ4n) is 5.59. The molecule has 2 fully saturated rings. The van der Waals surface area contributed by atoms with Gasteiger partial charge in [-0.2, -0.15) is 0 Å². The molecule has 32 heavy (non-hydrogen) atoms. The van der Waals surface area contributed by atoms with Gasteiger partial charge in [0.05, 0.1) is 11.0 Å². The first kappa shape index (κ1) is 19.7. The summed E-state index contributed by atoms with van der Waals surface area (Å²) in [5, 5.41) is 2.49. The molecule has 2 aliphatic rings. The fourth-order valence-corrected chi connectivity index (χ4v) is 5.59. The van der Waals surface area contributed by atoms with E-state index in [0.29, 0.717) is 0 Å². The van der Waals surface area contributed by atoms with Crippen LogP contribution < -0.4 is 9.80 Å². The summed E-state index contributed by atoms with van der Waals surface area (Å²) in [6.07, 6.45) is 10.1. The highest BCUT2D eigenvalue weighted by molar-refractivity contribution is 6.07. The number of rotatable bonds is 3. The van der Waals surface area contributed by atoms with Crippen molar-refractivity contribution in [1.29, 1.82) is 0 Å². The van der Waals surface area contributed by atoms with E-state index in [2.05, 4.69) is 76.0 Å². The Hall–Kier alpha value is -3.01. The van der Waals surface area contributed by atoms with Crippen LogP contribution in [0.25, 0.3) is 27.5 Å². The zero-order chi connectivity index (χ0) is 21.5. The maximum atomic E-state index is 4.93. The van der Waals surface area contributed by atoms with Gasteiger partial charge >= 0.3 is 0 Å². The minimum Gasteiger partial charge on any atom is -0.372 e. The van der Waals surface area contributed by atoms with E-state index in [1.54, 1.807) is 0 Å². The minimum absolute atomic E-state index is 1.08. The van der Waals surface area contributed by atoms with Gasteiger partial charge in [0.2, 0.25) is 0 Å². The topological polar surface area (TPSA) is 24.3 Å². The van der Waals surface area contributed by atoms with Gasteiger partial charge in [0.25, 0.3) is 0 Å². The second-order valence-electron chi connectivity index (χ2n) is 9.46. The Bertz CT molecular complexity index is 1240. The van der Waals surface area contributed by atoms with Crippen LogP contribution in [0.4, 0.5) is 11.4 Å². The summed E-state index contributed by atoms with van der Waals surface area (Å²) in [5.74, 6) is 0. The van der Waals surface area contributed by atoms with Gasteiger partial charge in [0.1, 0.15) is 0 Å². The molecule has 0 radical (unpaired) electrons. The van der Waals surface area contributed by atoms with Crippen LogP contribution in [-0.4, -0.2) is 35.7 Å². The van der Waals surface area contributed by atoms with Crippen LogP contribution in [0, 0.1) is 6.92 Å². The third-order valence-corrected chi connectivity index (χ3v) is 7.37. The summed E-state index contributed by atoms with van der Waals surface area (Å²) in [4.78, 5) is 9.99. The number of fused-ring (bicyclic) bond motifs is 3. The van der Waals surface area contributed by atoms with E-state index in [4.69, 9.17) is 4.98 Å². The number of anilines is 2. The van der Waals surface area contributed by atoms with Crippen molar-refractivity contribution < 1.29 is 0 Å². The van der Waals surface area contributed by atoms with Gasteiger partial charge in [-0.15, -0.1) is 0 Å². The number of pyridine rings is 1. The Kier molecular flexibility index (Phi) is 5.01. The molecule has 4 nitrogen and oxygen atoms in total. The first-order valence-corrected chi connectivity index (χ1v) is 12.3. The van der Waals surface area contributed by atoms with E-state index in [0.717, 1.165) is 24.3 Å². The van der Waals surface area contributed by atoms with Gasteiger partial charge in [0.15, 0.2) is 0 Å². The molecule has 4 heterocycles. The number of aryl methyl sites for hydroxylation is 1.